The lowest BCUT2D eigenvalue weighted by Gasteiger charge is -2.35. The third-order valence-corrected chi connectivity index (χ3v) is 5.20. The Labute approximate surface area is 168 Å². The molecular weight excluding hydrogens is 366 g/mol. The molecule has 0 saturated carbocycles. The van der Waals surface area contributed by atoms with E-state index in [1.165, 1.54) is 11.1 Å². The number of nitrogens with zero attached hydrogens (tertiary/aromatic N) is 2. The molecule has 1 fully saturated rings. The standard InChI is InChI=1S/C20H31N3O3.ClH/c1-4-15-7-6-8-16(5-2)20(15)21-18(24)13-23-11-9-17(10-12-23)22(3)14-19(25)26;/h6-8,17H,4-5,9-14H2,1-3H3,(H,21,24)(H,25,26);1H. The van der Waals surface area contributed by atoms with E-state index in [9.17, 15) is 9.59 Å². The maximum atomic E-state index is 12.5. The minimum Gasteiger partial charge on any atom is -0.480 e. The number of halogens is 1. The van der Waals surface area contributed by atoms with Crippen molar-refractivity contribution < 1.29 is 14.7 Å². The average Bonchev–Trinajstić information content (AvgIpc) is 2.61. The molecule has 152 valence electrons. The van der Waals surface area contributed by atoms with Crippen LogP contribution in [-0.2, 0) is 22.4 Å². The minimum absolute atomic E-state index is 0. The van der Waals surface area contributed by atoms with Crippen LogP contribution in [-0.4, -0.2) is 66.1 Å². The number of nitrogens with one attached hydrogen (secondary N) is 1. The SMILES string of the molecule is CCc1cccc(CC)c1NC(=O)CN1CCC(N(C)CC(=O)O)CC1.Cl. The van der Waals surface area contributed by atoms with E-state index in [-0.39, 0.29) is 30.9 Å². The summed E-state index contributed by atoms with van der Waals surface area (Å²) in [5, 5.41) is 12.0. The zero-order valence-corrected chi connectivity index (χ0v) is 17.3. The van der Waals surface area contributed by atoms with Crippen LogP contribution < -0.4 is 5.32 Å². The number of carbonyl (C=O) groups excluding carboxylic acids is 1. The number of aryl methyl sites for hydroxylation is 2. The molecule has 1 aromatic carbocycles. The number of carboxylic acids is 1. The first-order valence-corrected chi connectivity index (χ1v) is 9.49. The summed E-state index contributed by atoms with van der Waals surface area (Å²) < 4.78 is 0. The number of anilines is 1. The van der Waals surface area contributed by atoms with Gasteiger partial charge in [0.05, 0.1) is 13.1 Å². The number of benzene rings is 1. The first-order valence-electron chi connectivity index (χ1n) is 9.49. The summed E-state index contributed by atoms with van der Waals surface area (Å²) in [6.45, 7) is 6.29. The van der Waals surface area contributed by atoms with Crippen LogP contribution in [0.1, 0.15) is 37.8 Å². The molecule has 1 aliphatic rings. The third-order valence-electron chi connectivity index (χ3n) is 5.20. The number of carbonyl (C=O) groups is 2. The first-order chi connectivity index (χ1) is 12.4. The van der Waals surface area contributed by atoms with Gasteiger partial charge in [0.15, 0.2) is 0 Å². The zero-order chi connectivity index (χ0) is 19.1. The number of piperidine rings is 1. The molecule has 2 rings (SSSR count). The highest BCUT2D eigenvalue weighted by Crippen LogP contribution is 2.23. The molecule has 2 N–H and O–H groups in total. The lowest BCUT2D eigenvalue weighted by Crippen LogP contribution is -2.46. The summed E-state index contributed by atoms with van der Waals surface area (Å²) in [6, 6.07) is 6.46. The van der Waals surface area contributed by atoms with Crippen LogP contribution in [0.5, 0.6) is 0 Å². The van der Waals surface area contributed by atoms with Crippen molar-refractivity contribution in [2.24, 2.45) is 0 Å². The van der Waals surface area contributed by atoms with Gasteiger partial charge in [0.25, 0.3) is 0 Å². The van der Waals surface area contributed by atoms with Gasteiger partial charge in [-0.2, -0.15) is 0 Å². The summed E-state index contributed by atoms with van der Waals surface area (Å²) in [7, 11) is 1.86. The van der Waals surface area contributed by atoms with E-state index in [0.717, 1.165) is 44.5 Å². The third kappa shape index (κ3) is 6.79. The monoisotopic (exact) mass is 397 g/mol. The second-order valence-electron chi connectivity index (χ2n) is 7.02. The van der Waals surface area contributed by atoms with Crippen LogP contribution in [0, 0.1) is 0 Å². The molecule has 1 amide bonds. The molecule has 0 aromatic heterocycles. The molecule has 1 saturated heterocycles. The van der Waals surface area contributed by atoms with Crippen molar-refractivity contribution in [3.8, 4) is 0 Å². The van der Waals surface area contributed by atoms with Gasteiger partial charge in [0, 0.05) is 24.8 Å². The van der Waals surface area contributed by atoms with Gasteiger partial charge in [-0.05, 0) is 43.9 Å². The molecule has 6 nitrogen and oxygen atoms in total. The highest BCUT2D eigenvalue weighted by atomic mass is 35.5. The van der Waals surface area contributed by atoms with Crippen LogP contribution in [0.25, 0.3) is 0 Å². The number of para-hydroxylation sites is 1. The van der Waals surface area contributed by atoms with Gasteiger partial charge in [-0.3, -0.25) is 19.4 Å². The number of hydrogen-bond donors (Lipinski definition) is 2. The fourth-order valence-corrected chi connectivity index (χ4v) is 3.65. The Hall–Kier alpha value is -1.63. The van der Waals surface area contributed by atoms with Crippen molar-refractivity contribution in [1.82, 2.24) is 9.80 Å². The van der Waals surface area contributed by atoms with E-state index in [2.05, 4.69) is 36.2 Å². The number of likely N-dealkylation sites (tertiary alicyclic amines) is 1. The lowest BCUT2D eigenvalue weighted by atomic mass is 10.0. The van der Waals surface area contributed by atoms with Gasteiger partial charge < -0.3 is 10.4 Å². The minimum atomic E-state index is -0.796. The smallest absolute Gasteiger partial charge is 0.317 e. The van der Waals surface area contributed by atoms with Crippen LogP contribution in [0.4, 0.5) is 5.69 Å². The van der Waals surface area contributed by atoms with E-state index in [0.29, 0.717) is 6.54 Å². The van der Waals surface area contributed by atoms with E-state index >= 15 is 0 Å². The largest absolute Gasteiger partial charge is 0.480 e. The van der Waals surface area contributed by atoms with E-state index in [4.69, 9.17) is 5.11 Å². The Morgan fingerprint density at radius 3 is 2.22 bits per heavy atom. The summed E-state index contributed by atoms with van der Waals surface area (Å²) in [4.78, 5) is 27.4. The topological polar surface area (TPSA) is 72.9 Å². The maximum absolute atomic E-state index is 12.5. The fraction of sp³-hybridized carbons (Fsp3) is 0.600. The summed E-state index contributed by atoms with van der Waals surface area (Å²) in [5.74, 6) is -0.770. The summed E-state index contributed by atoms with van der Waals surface area (Å²) in [5.41, 5.74) is 3.32. The molecule has 7 heteroatoms. The number of carboxylic acid groups (broad SMARTS) is 1. The Kier molecular flexibility index (Phi) is 9.77. The quantitative estimate of drug-likeness (QED) is 0.705. The second-order valence-corrected chi connectivity index (χ2v) is 7.02. The number of rotatable bonds is 8. The number of likely N-dealkylation sites (N-methyl/N-ethyl adjacent to an activating group) is 1. The predicted molar refractivity (Wildman–Crippen MR) is 111 cm³/mol. The zero-order valence-electron chi connectivity index (χ0n) is 16.5. The number of hydrogen-bond acceptors (Lipinski definition) is 4. The van der Waals surface area contributed by atoms with Gasteiger partial charge in [0.1, 0.15) is 0 Å². The van der Waals surface area contributed by atoms with Crippen molar-refractivity contribution in [2.75, 3.05) is 38.5 Å². The van der Waals surface area contributed by atoms with Crippen molar-refractivity contribution in [2.45, 2.75) is 45.6 Å². The highest BCUT2D eigenvalue weighted by molar-refractivity contribution is 5.93. The molecule has 1 aromatic rings. The van der Waals surface area contributed by atoms with Gasteiger partial charge in [-0.1, -0.05) is 32.0 Å². The molecule has 0 bridgehead atoms. The molecule has 0 atom stereocenters. The molecule has 0 unspecified atom stereocenters. The van der Waals surface area contributed by atoms with Crippen LogP contribution in [0.15, 0.2) is 18.2 Å². The average molecular weight is 398 g/mol. The van der Waals surface area contributed by atoms with Crippen LogP contribution in [0.3, 0.4) is 0 Å². The maximum Gasteiger partial charge on any atom is 0.317 e. The molecule has 0 aliphatic carbocycles. The summed E-state index contributed by atoms with van der Waals surface area (Å²) in [6.07, 6.45) is 3.57. The van der Waals surface area contributed by atoms with E-state index in [1.54, 1.807) is 0 Å². The fourth-order valence-electron chi connectivity index (χ4n) is 3.65. The second kappa shape index (κ2) is 11.3. The van der Waals surface area contributed by atoms with Gasteiger partial charge in [-0.25, -0.2) is 0 Å². The van der Waals surface area contributed by atoms with Crippen molar-refractivity contribution >= 4 is 30.0 Å². The van der Waals surface area contributed by atoms with E-state index in [1.807, 2.05) is 18.0 Å². The first kappa shape index (κ1) is 23.4. The Morgan fingerprint density at radius 1 is 1.19 bits per heavy atom. The van der Waals surface area contributed by atoms with Crippen molar-refractivity contribution in [3.05, 3.63) is 29.3 Å². The normalized spacial score (nSPS) is 15.4. The highest BCUT2D eigenvalue weighted by Gasteiger charge is 2.24. The molecule has 1 aliphatic heterocycles. The lowest BCUT2D eigenvalue weighted by molar-refractivity contribution is -0.138. The van der Waals surface area contributed by atoms with Crippen molar-refractivity contribution in [1.29, 1.82) is 0 Å². The van der Waals surface area contributed by atoms with Gasteiger partial charge >= 0.3 is 5.97 Å². The predicted octanol–water partition coefficient (Wildman–Crippen LogP) is 2.65. The molecule has 27 heavy (non-hydrogen) atoms. The molecule has 0 spiro atoms. The molecular formula is C20H32ClN3O3. The Balaban J connectivity index is 0.00000364. The van der Waals surface area contributed by atoms with Crippen LogP contribution in [0.2, 0.25) is 0 Å². The van der Waals surface area contributed by atoms with Gasteiger partial charge in [-0.15, -0.1) is 12.4 Å². The molecule has 1 heterocycles. The van der Waals surface area contributed by atoms with Gasteiger partial charge in [0.2, 0.25) is 5.91 Å². The van der Waals surface area contributed by atoms with Crippen LogP contribution >= 0.6 is 12.4 Å². The summed E-state index contributed by atoms with van der Waals surface area (Å²) >= 11 is 0. The Morgan fingerprint density at radius 2 is 1.74 bits per heavy atom. The Bertz CT molecular complexity index is 609. The van der Waals surface area contributed by atoms with Crippen molar-refractivity contribution in [3.63, 3.8) is 0 Å². The molecule has 0 radical (unpaired) electrons. The number of amides is 1. The van der Waals surface area contributed by atoms with E-state index < -0.39 is 5.97 Å². The number of aliphatic carboxylic acids is 1.